The third-order valence-electron chi connectivity index (χ3n) is 4.80. The fourth-order valence-electron chi connectivity index (χ4n) is 3.75. The second-order valence-corrected chi connectivity index (χ2v) is 8.30. The van der Waals surface area contributed by atoms with Gasteiger partial charge in [-0.05, 0) is 60.0 Å². The van der Waals surface area contributed by atoms with Crippen molar-refractivity contribution in [2.45, 2.75) is 45.3 Å². The van der Waals surface area contributed by atoms with E-state index in [4.69, 9.17) is 13.9 Å². The maximum Gasteiger partial charge on any atom is 0.336 e. The molecule has 0 saturated carbocycles. The van der Waals surface area contributed by atoms with Gasteiger partial charge in [0, 0.05) is 35.6 Å². The Morgan fingerprint density at radius 1 is 1.21 bits per heavy atom. The number of carbonyl (C=O) groups excluding carboxylic acids is 1. The smallest absolute Gasteiger partial charge is 0.336 e. The first-order valence-electron chi connectivity index (χ1n) is 9.34. The molecular weight excluding hydrogens is 358 g/mol. The predicted molar refractivity (Wildman–Crippen MR) is 108 cm³/mol. The summed E-state index contributed by atoms with van der Waals surface area (Å²) >= 11 is 0. The van der Waals surface area contributed by atoms with E-state index in [1.54, 1.807) is 6.07 Å². The van der Waals surface area contributed by atoms with Crippen molar-refractivity contribution in [1.29, 1.82) is 0 Å². The zero-order valence-electron chi connectivity index (χ0n) is 17.2. The molecule has 0 radical (unpaired) electrons. The molecule has 1 aromatic heterocycles. The van der Waals surface area contributed by atoms with Crippen molar-refractivity contribution < 1.29 is 18.7 Å². The second kappa shape index (κ2) is 7.43. The summed E-state index contributed by atoms with van der Waals surface area (Å²) in [6, 6.07) is 6.91. The van der Waals surface area contributed by atoms with E-state index in [1.807, 2.05) is 58.8 Å². The number of hydrogen-bond donors (Lipinski definition) is 0. The molecule has 0 aliphatic carbocycles. The maximum absolute atomic E-state index is 12.3. The van der Waals surface area contributed by atoms with Gasteiger partial charge in [-0.3, -0.25) is 0 Å². The molecule has 0 fully saturated rings. The lowest BCUT2D eigenvalue weighted by Crippen LogP contribution is -2.47. The van der Waals surface area contributed by atoms with E-state index in [-0.39, 0.29) is 5.92 Å². The molecule has 0 spiro atoms. The molecule has 2 heterocycles. The van der Waals surface area contributed by atoms with E-state index in [1.165, 1.54) is 12.1 Å². The minimum absolute atomic E-state index is 0.131. The Morgan fingerprint density at radius 2 is 1.89 bits per heavy atom. The fraction of sp³-hybridized carbons (Fsp3) is 0.455. The van der Waals surface area contributed by atoms with Crippen LogP contribution in [0.5, 0.6) is 5.75 Å². The predicted octanol–water partition coefficient (Wildman–Crippen LogP) is 3.49. The molecule has 3 rings (SSSR count). The van der Waals surface area contributed by atoms with Crippen LogP contribution >= 0.6 is 0 Å². The topological polar surface area (TPSA) is 69.0 Å². The Morgan fingerprint density at radius 3 is 2.54 bits per heavy atom. The summed E-state index contributed by atoms with van der Waals surface area (Å²) in [6.07, 6.45) is 1.05. The first-order chi connectivity index (χ1) is 13.1. The Bertz CT molecular complexity index is 982. The summed E-state index contributed by atoms with van der Waals surface area (Å²) in [6.45, 7) is 8.04. The summed E-state index contributed by atoms with van der Waals surface area (Å²) in [7, 11) is 3.94. The Balaban J connectivity index is 2.06. The van der Waals surface area contributed by atoms with Gasteiger partial charge in [-0.1, -0.05) is 5.57 Å². The molecule has 28 heavy (non-hydrogen) atoms. The van der Waals surface area contributed by atoms with Crippen molar-refractivity contribution >= 4 is 16.9 Å². The summed E-state index contributed by atoms with van der Waals surface area (Å²) in [5.41, 5.74) is 0.965. The van der Waals surface area contributed by atoms with E-state index in [9.17, 15) is 9.59 Å². The molecule has 6 nitrogen and oxygen atoms in total. The summed E-state index contributed by atoms with van der Waals surface area (Å²) in [5.74, 6) is 0.128. The third-order valence-corrected chi connectivity index (χ3v) is 4.80. The number of carbonyl (C=O) groups is 1. The average Bonchev–Trinajstić information content (AvgIpc) is 2.92. The minimum atomic E-state index is -0.885. The number of rotatable bonds is 5. The molecule has 1 aliphatic heterocycles. The molecule has 1 aliphatic rings. The number of nitrogens with zero attached hydrogens (tertiary/aromatic N) is 1. The van der Waals surface area contributed by atoms with Gasteiger partial charge in [0.05, 0.1) is 0 Å². The van der Waals surface area contributed by atoms with Gasteiger partial charge >= 0.3 is 11.6 Å². The van der Waals surface area contributed by atoms with Crippen LogP contribution in [0.25, 0.3) is 11.0 Å². The van der Waals surface area contributed by atoms with Crippen LogP contribution in [0, 0.1) is 0 Å². The van der Waals surface area contributed by atoms with Gasteiger partial charge in [-0.15, -0.1) is 0 Å². The Hall–Kier alpha value is -2.60. The van der Waals surface area contributed by atoms with Gasteiger partial charge in [-0.25, -0.2) is 9.59 Å². The molecule has 0 bridgehead atoms. The van der Waals surface area contributed by atoms with Gasteiger partial charge in [0.2, 0.25) is 0 Å². The normalized spacial score (nSPS) is 18.7. The van der Waals surface area contributed by atoms with E-state index < -0.39 is 23.3 Å². The van der Waals surface area contributed by atoms with Crippen molar-refractivity contribution in [3.63, 3.8) is 0 Å². The van der Waals surface area contributed by atoms with Crippen molar-refractivity contribution in [1.82, 2.24) is 4.90 Å². The van der Waals surface area contributed by atoms with Gasteiger partial charge in [0.1, 0.15) is 23.0 Å². The zero-order valence-corrected chi connectivity index (χ0v) is 17.2. The number of ether oxygens (including phenoxy) is 2. The molecule has 0 N–H and O–H groups in total. The van der Waals surface area contributed by atoms with Crippen LogP contribution in [0.4, 0.5) is 0 Å². The second-order valence-electron chi connectivity index (χ2n) is 8.30. The summed E-state index contributed by atoms with van der Waals surface area (Å²) < 4.78 is 17.6. The van der Waals surface area contributed by atoms with Gasteiger partial charge in [0.15, 0.2) is 0 Å². The van der Waals surface area contributed by atoms with Crippen LogP contribution < -0.4 is 10.4 Å². The first-order valence-corrected chi connectivity index (χ1v) is 9.34. The molecule has 150 valence electrons. The van der Waals surface area contributed by atoms with E-state index >= 15 is 0 Å². The highest BCUT2D eigenvalue weighted by molar-refractivity contribution is 5.84. The lowest BCUT2D eigenvalue weighted by atomic mass is 9.85. The van der Waals surface area contributed by atoms with Crippen LogP contribution in [-0.2, 0) is 9.53 Å². The highest BCUT2D eigenvalue weighted by atomic mass is 16.6. The summed E-state index contributed by atoms with van der Waals surface area (Å²) in [5, 5.41) is 0.839. The van der Waals surface area contributed by atoms with Gasteiger partial charge in [0.25, 0.3) is 0 Å². The monoisotopic (exact) mass is 385 g/mol. The number of likely N-dealkylation sites (N-methyl/N-ethyl adjacent to an activating group) is 1. The maximum atomic E-state index is 12.3. The largest absolute Gasteiger partial charge is 0.485 e. The van der Waals surface area contributed by atoms with E-state index in [0.29, 0.717) is 17.9 Å². The minimum Gasteiger partial charge on any atom is -0.485 e. The van der Waals surface area contributed by atoms with Gasteiger partial charge in [-0.2, -0.15) is 0 Å². The standard InChI is InChI=1S/C22H27NO5/c1-13(2)11-18(25)28-22(3,4)21-15(12-23(5)6)19-16(26-21)9-7-14-8-10-17(24)27-20(14)19/h7-11,15,21H,12H2,1-6H3/t15-,21+/m1/s1. The van der Waals surface area contributed by atoms with Crippen LogP contribution in [-0.4, -0.2) is 43.2 Å². The number of allylic oxidation sites excluding steroid dienone is 1. The van der Waals surface area contributed by atoms with Crippen LogP contribution in [0.15, 0.2) is 45.1 Å². The lowest BCUT2D eigenvalue weighted by Gasteiger charge is -2.34. The van der Waals surface area contributed by atoms with Crippen LogP contribution in [0.3, 0.4) is 0 Å². The van der Waals surface area contributed by atoms with Crippen molar-refractivity contribution in [3.05, 3.63) is 51.9 Å². The van der Waals surface area contributed by atoms with Crippen LogP contribution in [0.1, 0.15) is 39.2 Å². The van der Waals surface area contributed by atoms with E-state index in [2.05, 4.69) is 0 Å². The quantitative estimate of drug-likeness (QED) is 0.446. The molecule has 1 aromatic carbocycles. The summed E-state index contributed by atoms with van der Waals surface area (Å²) in [4.78, 5) is 26.2. The SMILES string of the molecule is CC(C)=CC(=O)OC(C)(C)[C@H]1Oc2ccc3ccc(=O)oc3c2[C@H]1CN(C)C. The number of benzene rings is 1. The van der Waals surface area contributed by atoms with Crippen molar-refractivity contribution in [2.75, 3.05) is 20.6 Å². The van der Waals surface area contributed by atoms with Gasteiger partial charge < -0.3 is 18.8 Å². The zero-order chi connectivity index (χ0) is 20.6. The van der Waals surface area contributed by atoms with Crippen molar-refractivity contribution in [3.8, 4) is 5.75 Å². The molecule has 2 atom stereocenters. The highest BCUT2D eigenvalue weighted by Gasteiger charge is 2.47. The molecular formula is C22H27NO5. The Kier molecular flexibility index (Phi) is 5.35. The Labute approximate surface area is 164 Å². The molecule has 0 unspecified atom stereocenters. The van der Waals surface area contributed by atoms with Crippen molar-refractivity contribution in [2.24, 2.45) is 0 Å². The molecule has 2 aromatic rings. The first kappa shape index (κ1) is 20.1. The number of esters is 1. The fourth-order valence-corrected chi connectivity index (χ4v) is 3.75. The third kappa shape index (κ3) is 3.97. The molecule has 0 saturated heterocycles. The average molecular weight is 385 g/mol. The number of fused-ring (bicyclic) bond motifs is 3. The molecule has 0 amide bonds. The number of hydrogen-bond acceptors (Lipinski definition) is 6. The molecule has 6 heteroatoms. The van der Waals surface area contributed by atoms with E-state index in [0.717, 1.165) is 16.5 Å². The van der Waals surface area contributed by atoms with Crippen LogP contribution in [0.2, 0.25) is 0 Å². The lowest BCUT2D eigenvalue weighted by molar-refractivity contribution is -0.159. The highest BCUT2D eigenvalue weighted by Crippen LogP contribution is 2.46.